The van der Waals surface area contributed by atoms with Gasteiger partial charge < -0.3 is 0 Å². The lowest BCUT2D eigenvalue weighted by atomic mass is 10.8. The van der Waals surface area contributed by atoms with Crippen molar-refractivity contribution in [1.29, 1.82) is 0 Å². The molecular weight excluding hydrogens is 178 g/mol. The Balaban J connectivity index is 0. The van der Waals surface area contributed by atoms with E-state index in [9.17, 15) is 4.39 Å². The molecular formula is C5H11Cl2FSi. The molecule has 0 saturated heterocycles. The lowest BCUT2D eigenvalue weighted by Gasteiger charge is -2.02. The van der Waals surface area contributed by atoms with E-state index in [1.54, 1.807) is 6.08 Å². The van der Waals surface area contributed by atoms with Gasteiger partial charge in [-0.1, -0.05) is 6.08 Å². The van der Waals surface area contributed by atoms with Gasteiger partial charge in [0.15, 0.2) is 0 Å². The molecule has 0 bridgehead atoms. The molecule has 0 aromatic heterocycles. The van der Waals surface area contributed by atoms with E-state index in [1.165, 1.54) is 0 Å². The van der Waals surface area contributed by atoms with E-state index in [1.807, 2.05) is 6.55 Å². The topological polar surface area (TPSA) is 0 Å². The molecule has 0 fully saturated rings. The summed E-state index contributed by atoms with van der Waals surface area (Å²) in [5.41, 5.74) is 0. The molecule has 56 valence electrons. The second-order valence-corrected chi connectivity index (χ2v) is 9.70. The Labute approximate surface area is 66.1 Å². The van der Waals surface area contributed by atoms with E-state index in [-0.39, 0.29) is 0 Å². The van der Waals surface area contributed by atoms with Gasteiger partial charge in [-0.25, -0.2) is 0 Å². The summed E-state index contributed by atoms with van der Waals surface area (Å²) in [5, 5.41) is 0. The van der Waals surface area contributed by atoms with E-state index >= 15 is 0 Å². The first-order valence-electron chi connectivity index (χ1n) is 2.43. The maximum Gasteiger partial charge on any atom is 0.252 e. The molecule has 4 heteroatoms. The maximum atomic E-state index is 9.50. The van der Waals surface area contributed by atoms with Gasteiger partial charge >= 0.3 is 0 Å². The molecule has 0 N–H and O–H groups in total. The van der Waals surface area contributed by atoms with Crippen LogP contribution in [0.15, 0.2) is 12.7 Å². The highest BCUT2D eigenvalue weighted by atomic mass is 35.7. The summed E-state index contributed by atoms with van der Waals surface area (Å²) >= 11 is 11.3. The Morgan fingerprint density at radius 2 is 1.89 bits per heavy atom. The monoisotopic (exact) mass is 188 g/mol. The summed E-state index contributed by atoms with van der Waals surface area (Å²) in [6.45, 7) is 3.55. The van der Waals surface area contributed by atoms with Crippen molar-refractivity contribution >= 4 is 28.9 Å². The van der Waals surface area contributed by atoms with Crippen LogP contribution in [0.1, 0.15) is 0 Å². The fourth-order valence-corrected chi connectivity index (χ4v) is 1.41. The van der Waals surface area contributed by atoms with Gasteiger partial charge in [0.25, 0.3) is 6.69 Å². The predicted molar refractivity (Wildman–Crippen MR) is 45.4 cm³/mol. The molecule has 0 unspecified atom stereocenters. The lowest BCUT2D eigenvalue weighted by molar-refractivity contribution is 0.636. The van der Waals surface area contributed by atoms with Crippen molar-refractivity contribution in [3.05, 3.63) is 12.7 Å². The SMILES string of the molecule is C=CC[Si](C)(Cl)Cl.CF. The van der Waals surface area contributed by atoms with Gasteiger partial charge in [0.05, 0.1) is 7.18 Å². The van der Waals surface area contributed by atoms with Crippen LogP contribution < -0.4 is 0 Å². The molecule has 0 nitrogen and oxygen atoms in total. The van der Waals surface area contributed by atoms with Crippen LogP contribution in [0.4, 0.5) is 4.39 Å². The normalized spacial score (nSPS) is 9.44. The summed E-state index contributed by atoms with van der Waals surface area (Å²) in [5.74, 6) is 0. The van der Waals surface area contributed by atoms with Crippen molar-refractivity contribution in [3.8, 4) is 0 Å². The Hall–Kier alpha value is 0.467. The summed E-state index contributed by atoms with van der Waals surface area (Å²) < 4.78 is 9.50. The molecule has 0 aromatic rings. The lowest BCUT2D eigenvalue weighted by Crippen LogP contribution is -2.09. The first-order valence-corrected chi connectivity index (χ1v) is 7.16. The number of hydrogen-bond donors (Lipinski definition) is 0. The number of rotatable bonds is 2. The largest absolute Gasteiger partial charge is 0.255 e. The van der Waals surface area contributed by atoms with Crippen LogP contribution in [0, 0.1) is 0 Å². The van der Waals surface area contributed by atoms with E-state index in [4.69, 9.17) is 22.2 Å². The number of halogens is 3. The molecule has 0 aliphatic carbocycles. The highest BCUT2D eigenvalue weighted by molar-refractivity contribution is 7.45. The Kier molecular flexibility index (Phi) is 8.91. The van der Waals surface area contributed by atoms with Crippen LogP contribution in [0.5, 0.6) is 0 Å². The second-order valence-electron chi connectivity index (χ2n) is 1.56. The van der Waals surface area contributed by atoms with Crippen molar-refractivity contribution in [1.82, 2.24) is 0 Å². The average Bonchev–Trinajstić information content (AvgIpc) is 1.69. The molecule has 0 heterocycles. The summed E-state index contributed by atoms with van der Waals surface area (Å²) in [6.07, 6.45) is 1.76. The maximum absolute atomic E-state index is 9.50. The summed E-state index contributed by atoms with van der Waals surface area (Å²) in [4.78, 5) is 0. The van der Waals surface area contributed by atoms with Gasteiger partial charge in [0.1, 0.15) is 0 Å². The molecule has 9 heavy (non-hydrogen) atoms. The Morgan fingerprint density at radius 1 is 1.56 bits per heavy atom. The summed E-state index contributed by atoms with van der Waals surface area (Å²) in [6, 6.07) is 0.774. The van der Waals surface area contributed by atoms with Gasteiger partial charge in [0, 0.05) is 0 Å². The second kappa shape index (κ2) is 6.58. The molecule has 0 radical (unpaired) electrons. The quantitative estimate of drug-likeness (QED) is 0.355. The average molecular weight is 189 g/mol. The van der Waals surface area contributed by atoms with Crippen LogP contribution >= 0.6 is 22.2 Å². The van der Waals surface area contributed by atoms with Crippen molar-refractivity contribution in [3.63, 3.8) is 0 Å². The first-order chi connectivity index (χ1) is 4.06. The van der Waals surface area contributed by atoms with Gasteiger partial charge in [-0.3, -0.25) is 4.39 Å². The molecule has 0 saturated carbocycles. The highest BCUT2D eigenvalue weighted by Gasteiger charge is 2.17. The third kappa shape index (κ3) is 17.7. The first kappa shape index (κ1) is 12.2. The van der Waals surface area contributed by atoms with Crippen molar-refractivity contribution in [2.24, 2.45) is 0 Å². The fraction of sp³-hybridized carbons (Fsp3) is 0.600. The minimum absolute atomic E-state index is 0.500. The van der Waals surface area contributed by atoms with Gasteiger partial charge in [-0.15, -0.1) is 28.7 Å². The number of alkyl halides is 1. The molecule has 0 amide bonds. The zero-order valence-electron chi connectivity index (χ0n) is 5.63. The van der Waals surface area contributed by atoms with E-state index in [0.29, 0.717) is 7.18 Å². The molecule has 0 atom stereocenters. The number of hydrogen-bond acceptors (Lipinski definition) is 0. The fourth-order valence-electron chi connectivity index (χ4n) is 0.253. The third-order valence-corrected chi connectivity index (χ3v) is 2.43. The van der Waals surface area contributed by atoms with Gasteiger partial charge in [-0.05, 0) is 12.6 Å². The molecule has 0 aromatic carbocycles. The smallest absolute Gasteiger partial charge is 0.252 e. The minimum atomic E-state index is -1.83. The van der Waals surface area contributed by atoms with E-state index in [2.05, 4.69) is 6.58 Å². The zero-order chi connectivity index (χ0) is 7.91. The molecule has 0 aliphatic rings. The van der Waals surface area contributed by atoms with Crippen LogP contribution in [-0.2, 0) is 0 Å². The molecule has 0 spiro atoms. The van der Waals surface area contributed by atoms with Crippen molar-refractivity contribution in [2.75, 3.05) is 7.18 Å². The van der Waals surface area contributed by atoms with E-state index < -0.39 is 6.69 Å². The van der Waals surface area contributed by atoms with Crippen molar-refractivity contribution < 1.29 is 4.39 Å². The highest BCUT2D eigenvalue weighted by Crippen LogP contribution is 2.18. The standard InChI is InChI=1S/C4H8Cl2Si.CH3F/c1-3-4-7(2,5)6;1-2/h3H,1,4H2,2H3;1H3. The van der Waals surface area contributed by atoms with Gasteiger partial charge in [0.2, 0.25) is 0 Å². The van der Waals surface area contributed by atoms with Crippen LogP contribution in [-0.4, -0.2) is 13.9 Å². The summed E-state index contributed by atoms with van der Waals surface area (Å²) in [7, 11) is 0.500. The zero-order valence-corrected chi connectivity index (χ0v) is 8.14. The molecule has 0 rings (SSSR count). The third-order valence-electron chi connectivity index (χ3n) is 0.503. The Bertz CT molecular complexity index is 69.8. The van der Waals surface area contributed by atoms with Crippen LogP contribution in [0.25, 0.3) is 0 Å². The molecule has 0 aliphatic heterocycles. The van der Waals surface area contributed by atoms with Gasteiger partial charge in [-0.2, -0.15) is 0 Å². The van der Waals surface area contributed by atoms with Crippen molar-refractivity contribution in [2.45, 2.75) is 12.6 Å². The number of allylic oxidation sites excluding steroid dienone is 1. The van der Waals surface area contributed by atoms with Crippen LogP contribution in [0.2, 0.25) is 12.6 Å². The minimum Gasteiger partial charge on any atom is -0.255 e. The predicted octanol–water partition coefficient (Wildman–Crippen LogP) is 3.31. The van der Waals surface area contributed by atoms with Crippen LogP contribution in [0.3, 0.4) is 0 Å². The Morgan fingerprint density at radius 3 is 1.89 bits per heavy atom. The van der Waals surface area contributed by atoms with E-state index in [0.717, 1.165) is 6.04 Å².